The number of aliphatic carboxylic acids is 1. The summed E-state index contributed by atoms with van der Waals surface area (Å²) in [6, 6.07) is -0.397. The Labute approximate surface area is 103 Å². The monoisotopic (exact) mass is 245 g/mol. The van der Waals surface area contributed by atoms with Crippen LogP contribution in [0.2, 0.25) is 0 Å². The van der Waals surface area contributed by atoms with Crippen molar-refractivity contribution in [1.82, 2.24) is 4.90 Å². The van der Waals surface area contributed by atoms with E-state index in [1.165, 1.54) is 0 Å². The van der Waals surface area contributed by atoms with E-state index in [0.717, 1.165) is 6.42 Å². The molecule has 0 saturated carbocycles. The van der Waals surface area contributed by atoms with E-state index in [-0.39, 0.29) is 12.2 Å². The molecule has 100 valence electrons. The van der Waals surface area contributed by atoms with Gasteiger partial charge in [-0.25, -0.2) is 0 Å². The van der Waals surface area contributed by atoms with Crippen molar-refractivity contribution in [3.63, 3.8) is 0 Å². The van der Waals surface area contributed by atoms with Crippen LogP contribution in [0, 0.1) is 0 Å². The van der Waals surface area contributed by atoms with E-state index in [4.69, 9.17) is 9.47 Å². The van der Waals surface area contributed by atoms with Crippen LogP contribution in [-0.4, -0.2) is 61.0 Å². The zero-order chi connectivity index (χ0) is 12.8. The third kappa shape index (κ3) is 4.26. The fraction of sp³-hybridized carbons (Fsp3) is 0.917. The lowest BCUT2D eigenvalue weighted by atomic mass is 10.1. The van der Waals surface area contributed by atoms with E-state index < -0.39 is 12.0 Å². The zero-order valence-electron chi connectivity index (χ0n) is 10.9. The number of nitrogens with zero attached hydrogens (tertiary/aromatic N) is 1. The standard InChI is InChI=1S/C12H23NO4/c1-4-5-11(12(14)15)13-6-9(2)17-10(7-13)8-16-3/h9-11H,4-8H2,1-3H3,(H,14,15). The molecule has 1 saturated heterocycles. The third-order valence-corrected chi connectivity index (χ3v) is 3.00. The number of carboxylic acid groups (broad SMARTS) is 1. The van der Waals surface area contributed by atoms with Gasteiger partial charge in [0.25, 0.3) is 0 Å². The Kier molecular flexibility index (Phi) is 5.88. The summed E-state index contributed by atoms with van der Waals surface area (Å²) < 4.78 is 10.8. The predicted octanol–water partition coefficient (Wildman–Crippen LogP) is 0.975. The van der Waals surface area contributed by atoms with Gasteiger partial charge in [0.15, 0.2) is 0 Å². The quantitative estimate of drug-likeness (QED) is 0.755. The zero-order valence-corrected chi connectivity index (χ0v) is 10.9. The average Bonchev–Trinajstić information content (AvgIpc) is 2.25. The molecular formula is C12H23NO4. The molecule has 1 rings (SSSR count). The molecule has 0 radical (unpaired) electrons. The minimum absolute atomic E-state index is 0.0255. The first-order valence-corrected chi connectivity index (χ1v) is 6.19. The lowest BCUT2D eigenvalue weighted by molar-refractivity contribution is -0.152. The van der Waals surface area contributed by atoms with Crippen LogP contribution in [0.15, 0.2) is 0 Å². The number of hydrogen-bond acceptors (Lipinski definition) is 4. The summed E-state index contributed by atoms with van der Waals surface area (Å²) in [6.45, 7) is 5.80. The van der Waals surface area contributed by atoms with Crippen molar-refractivity contribution >= 4 is 5.97 Å². The van der Waals surface area contributed by atoms with Crippen LogP contribution in [0.5, 0.6) is 0 Å². The molecule has 1 fully saturated rings. The second kappa shape index (κ2) is 6.93. The molecule has 1 N–H and O–H groups in total. The van der Waals surface area contributed by atoms with Gasteiger partial charge in [0.05, 0.1) is 18.8 Å². The van der Waals surface area contributed by atoms with Crippen LogP contribution >= 0.6 is 0 Å². The topological polar surface area (TPSA) is 59.0 Å². The van der Waals surface area contributed by atoms with E-state index >= 15 is 0 Å². The highest BCUT2D eigenvalue weighted by Crippen LogP contribution is 2.17. The van der Waals surface area contributed by atoms with Gasteiger partial charge in [-0.2, -0.15) is 0 Å². The van der Waals surface area contributed by atoms with Crippen molar-refractivity contribution in [3.8, 4) is 0 Å². The second-order valence-electron chi connectivity index (χ2n) is 4.62. The normalized spacial score (nSPS) is 27.9. The Morgan fingerprint density at radius 1 is 1.59 bits per heavy atom. The van der Waals surface area contributed by atoms with Gasteiger partial charge >= 0.3 is 5.97 Å². The van der Waals surface area contributed by atoms with Crippen molar-refractivity contribution in [3.05, 3.63) is 0 Å². The lowest BCUT2D eigenvalue weighted by Gasteiger charge is -2.39. The first-order valence-electron chi connectivity index (χ1n) is 6.19. The first kappa shape index (κ1) is 14.4. The molecule has 0 aromatic rings. The van der Waals surface area contributed by atoms with Gasteiger partial charge in [-0.3, -0.25) is 9.69 Å². The summed E-state index contributed by atoms with van der Waals surface area (Å²) in [5.41, 5.74) is 0. The summed E-state index contributed by atoms with van der Waals surface area (Å²) in [5.74, 6) is -0.739. The fourth-order valence-corrected chi connectivity index (χ4v) is 2.35. The maximum Gasteiger partial charge on any atom is 0.320 e. The van der Waals surface area contributed by atoms with Crippen LogP contribution < -0.4 is 0 Å². The summed E-state index contributed by atoms with van der Waals surface area (Å²) in [4.78, 5) is 13.2. The number of carboxylic acids is 1. The van der Waals surface area contributed by atoms with Gasteiger partial charge in [0.2, 0.25) is 0 Å². The lowest BCUT2D eigenvalue weighted by Crippen LogP contribution is -2.54. The van der Waals surface area contributed by atoms with Crippen molar-refractivity contribution in [2.24, 2.45) is 0 Å². The van der Waals surface area contributed by atoms with Crippen LogP contribution in [-0.2, 0) is 14.3 Å². The summed E-state index contributed by atoms with van der Waals surface area (Å²) in [6.07, 6.45) is 1.59. The van der Waals surface area contributed by atoms with E-state index in [1.54, 1.807) is 7.11 Å². The van der Waals surface area contributed by atoms with Gasteiger partial charge in [0.1, 0.15) is 6.04 Å². The predicted molar refractivity (Wildman–Crippen MR) is 64.1 cm³/mol. The van der Waals surface area contributed by atoms with Crippen LogP contribution in [0.4, 0.5) is 0 Å². The Bertz CT molecular complexity index is 247. The van der Waals surface area contributed by atoms with Gasteiger partial charge in [0, 0.05) is 20.2 Å². The Hall–Kier alpha value is -0.650. The van der Waals surface area contributed by atoms with Crippen molar-refractivity contribution in [2.75, 3.05) is 26.8 Å². The Balaban J connectivity index is 2.63. The molecule has 1 aliphatic rings. The number of morpholine rings is 1. The molecule has 3 unspecified atom stereocenters. The van der Waals surface area contributed by atoms with Gasteiger partial charge < -0.3 is 14.6 Å². The van der Waals surface area contributed by atoms with E-state index in [2.05, 4.69) is 0 Å². The van der Waals surface area contributed by atoms with E-state index in [9.17, 15) is 9.90 Å². The SMILES string of the molecule is CCCC(C(=O)O)N1CC(C)OC(COC)C1. The molecule has 0 aliphatic carbocycles. The number of carbonyl (C=O) groups is 1. The molecule has 3 atom stereocenters. The highest BCUT2D eigenvalue weighted by molar-refractivity contribution is 5.73. The minimum Gasteiger partial charge on any atom is -0.480 e. The van der Waals surface area contributed by atoms with E-state index in [0.29, 0.717) is 26.1 Å². The highest BCUT2D eigenvalue weighted by Gasteiger charge is 2.32. The van der Waals surface area contributed by atoms with Crippen LogP contribution in [0.3, 0.4) is 0 Å². The smallest absolute Gasteiger partial charge is 0.320 e. The Morgan fingerprint density at radius 2 is 2.29 bits per heavy atom. The third-order valence-electron chi connectivity index (χ3n) is 3.00. The number of ether oxygens (including phenoxy) is 2. The molecule has 0 bridgehead atoms. The maximum absolute atomic E-state index is 11.2. The van der Waals surface area contributed by atoms with Gasteiger partial charge in [-0.05, 0) is 13.3 Å². The second-order valence-corrected chi connectivity index (χ2v) is 4.62. The van der Waals surface area contributed by atoms with Crippen molar-refractivity contribution < 1.29 is 19.4 Å². The maximum atomic E-state index is 11.2. The summed E-state index contributed by atoms with van der Waals surface area (Å²) in [5, 5.41) is 9.25. The average molecular weight is 245 g/mol. The van der Waals surface area contributed by atoms with Crippen LogP contribution in [0.1, 0.15) is 26.7 Å². The highest BCUT2D eigenvalue weighted by atomic mass is 16.5. The Morgan fingerprint density at radius 3 is 2.82 bits per heavy atom. The molecular weight excluding hydrogens is 222 g/mol. The number of methoxy groups -OCH3 is 1. The number of rotatable bonds is 6. The largest absolute Gasteiger partial charge is 0.480 e. The van der Waals surface area contributed by atoms with Crippen LogP contribution in [0.25, 0.3) is 0 Å². The summed E-state index contributed by atoms with van der Waals surface area (Å²) in [7, 11) is 1.63. The van der Waals surface area contributed by atoms with E-state index in [1.807, 2.05) is 18.7 Å². The molecule has 0 spiro atoms. The van der Waals surface area contributed by atoms with Gasteiger partial charge in [-0.15, -0.1) is 0 Å². The molecule has 1 aliphatic heterocycles. The molecule has 0 amide bonds. The molecule has 5 heteroatoms. The molecule has 0 aromatic carbocycles. The van der Waals surface area contributed by atoms with Crippen molar-refractivity contribution in [2.45, 2.75) is 44.9 Å². The first-order chi connectivity index (χ1) is 8.08. The molecule has 17 heavy (non-hydrogen) atoms. The molecule has 0 aromatic heterocycles. The summed E-state index contributed by atoms with van der Waals surface area (Å²) >= 11 is 0. The fourth-order valence-electron chi connectivity index (χ4n) is 2.35. The molecule has 5 nitrogen and oxygen atoms in total. The van der Waals surface area contributed by atoms with Gasteiger partial charge in [-0.1, -0.05) is 13.3 Å². The minimum atomic E-state index is -0.739. The number of hydrogen-bond donors (Lipinski definition) is 1. The molecule has 1 heterocycles. The van der Waals surface area contributed by atoms with Crippen molar-refractivity contribution in [1.29, 1.82) is 0 Å².